The largest absolute Gasteiger partial charge is 0.459 e. The second-order valence-electron chi connectivity index (χ2n) is 17.8. The number of aliphatic hydroxyl groups is 2. The maximum Gasteiger partial charge on any atom is 0.410 e. The van der Waals surface area contributed by atoms with Gasteiger partial charge in [0.2, 0.25) is 5.79 Å². The predicted octanol–water partition coefficient (Wildman–Crippen LogP) is 10.9. The van der Waals surface area contributed by atoms with Crippen LogP contribution >= 0.6 is 0 Å². The van der Waals surface area contributed by atoms with Crippen molar-refractivity contribution in [1.29, 1.82) is 0 Å². The van der Waals surface area contributed by atoms with Crippen molar-refractivity contribution in [3.05, 3.63) is 126 Å². The van der Waals surface area contributed by atoms with Gasteiger partial charge in [-0.2, -0.15) is 0 Å². The highest BCUT2D eigenvalue weighted by Crippen LogP contribution is 2.62. The molecule has 62 heavy (non-hydrogen) atoms. The van der Waals surface area contributed by atoms with Gasteiger partial charge in [-0.25, -0.2) is 9.18 Å². The second-order valence-corrected chi connectivity index (χ2v) is 17.8. The van der Waals surface area contributed by atoms with Crippen molar-refractivity contribution in [3.8, 4) is 17.2 Å². The number of unbranched alkanes of at least 4 members (excludes halogenated alkanes) is 2. The normalized spacial score (nSPS) is 23.3. The summed E-state index contributed by atoms with van der Waals surface area (Å²) in [4.78, 5) is 22.5. The Balaban J connectivity index is 1.62. The third kappa shape index (κ3) is 10.8. The van der Waals surface area contributed by atoms with Gasteiger partial charge in [-0.3, -0.25) is 4.90 Å². The monoisotopic (exact) mass is 852 g/mol. The molecule has 3 aromatic carbocycles. The van der Waals surface area contributed by atoms with E-state index < -0.39 is 29.4 Å². The molecule has 0 unspecified atom stereocenters. The van der Waals surface area contributed by atoms with Crippen molar-refractivity contribution in [1.82, 2.24) is 4.90 Å². The highest BCUT2D eigenvalue weighted by Gasteiger charge is 2.65. The average molecular weight is 853 g/mol. The molecule has 0 aromatic heterocycles. The number of nitrogens with zero attached hydrogens (tertiary/aromatic N) is 2. The summed E-state index contributed by atoms with van der Waals surface area (Å²) >= 11 is 0. The van der Waals surface area contributed by atoms with Crippen molar-refractivity contribution in [3.63, 3.8) is 0 Å². The zero-order valence-corrected chi connectivity index (χ0v) is 37.1. The molecule has 2 N–H and O–H groups in total. The maximum atomic E-state index is 14.6. The van der Waals surface area contributed by atoms with Crippen molar-refractivity contribution in [2.75, 3.05) is 26.4 Å². The summed E-state index contributed by atoms with van der Waals surface area (Å²) in [5.41, 5.74) is 4.87. The smallest absolute Gasteiger partial charge is 0.410 e. The van der Waals surface area contributed by atoms with Gasteiger partial charge in [-0.15, -0.1) is 13.2 Å². The number of benzene rings is 3. The molecule has 0 radical (unpaired) electrons. The minimum absolute atomic E-state index is 0.0221. The quantitative estimate of drug-likeness (QED) is 0.0655. The van der Waals surface area contributed by atoms with E-state index in [9.17, 15) is 19.4 Å². The Morgan fingerprint density at radius 3 is 2.34 bits per heavy atom. The SMILES string of the molecule is C=CCCOC(=O)N(Cc1ccc(F)cc1)[C@H]1CC(=NOC(C)(C)C)C2=C[C@H](CCCCO)[C@@H](CCCCO)[C@@H]3c4cc(Oc5ccc(C)c(C)c5)ccc4O[C@@]1(OCC=C)[C@H]23. The van der Waals surface area contributed by atoms with Crippen molar-refractivity contribution >= 4 is 11.8 Å². The Morgan fingerprint density at radius 2 is 1.66 bits per heavy atom. The first-order chi connectivity index (χ1) is 29.8. The number of fused-ring (bicyclic) bond motifs is 2. The first kappa shape index (κ1) is 46.5. The number of amides is 1. The summed E-state index contributed by atoms with van der Waals surface area (Å²) < 4.78 is 41.3. The molecule has 1 fully saturated rings. The number of hydrogen-bond donors (Lipinski definition) is 2. The summed E-state index contributed by atoms with van der Waals surface area (Å²) in [5, 5.41) is 24.8. The number of ether oxygens (including phenoxy) is 4. The van der Waals surface area contributed by atoms with Crippen molar-refractivity contribution in [2.24, 2.45) is 22.9 Å². The lowest BCUT2D eigenvalue weighted by molar-refractivity contribution is -0.256. The number of hydrogen-bond acceptors (Lipinski definition) is 9. The van der Waals surface area contributed by atoms with Crippen molar-refractivity contribution < 1.29 is 43.2 Å². The van der Waals surface area contributed by atoms with E-state index in [0.29, 0.717) is 42.0 Å². The van der Waals surface area contributed by atoms with Gasteiger partial charge >= 0.3 is 6.09 Å². The number of carbonyl (C=O) groups is 1. The molecule has 3 aliphatic rings. The van der Waals surface area contributed by atoms with E-state index in [1.54, 1.807) is 29.2 Å². The molecular weight excluding hydrogens is 788 g/mol. The Labute approximate surface area is 367 Å². The molecular formula is C51H65FN2O8. The van der Waals surface area contributed by atoms with E-state index in [-0.39, 0.29) is 63.0 Å². The van der Waals surface area contributed by atoms with Crippen LogP contribution in [0.3, 0.4) is 0 Å². The molecule has 6 atom stereocenters. The van der Waals surface area contributed by atoms with Crippen LogP contribution in [0.25, 0.3) is 0 Å². The lowest BCUT2D eigenvalue weighted by Crippen LogP contribution is -2.70. The minimum atomic E-state index is -1.50. The summed E-state index contributed by atoms with van der Waals surface area (Å²) in [6.07, 6.45) is 10.2. The van der Waals surface area contributed by atoms with E-state index in [1.165, 1.54) is 17.7 Å². The summed E-state index contributed by atoms with van der Waals surface area (Å²) in [5.74, 6) is -0.626. The molecule has 1 aliphatic heterocycles. The van der Waals surface area contributed by atoms with Gasteiger partial charge in [0, 0.05) is 37.7 Å². The molecule has 0 saturated heterocycles. The van der Waals surface area contributed by atoms with Crippen LogP contribution in [0.1, 0.15) is 100 Å². The summed E-state index contributed by atoms with van der Waals surface area (Å²) in [7, 11) is 0. The van der Waals surface area contributed by atoms with Crippen LogP contribution in [0.2, 0.25) is 0 Å². The molecule has 1 amide bonds. The van der Waals surface area contributed by atoms with Crippen molar-refractivity contribution in [2.45, 2.75) is 116 Å². The lowest BCUT2D eigenvalue weighted by Gasteiger charge is -2.60. The molecule has 0 spiro atoms. The second kappa shape index (κ2) is 20.9. The van der Waals surface area contributed by atoms with Gasteiger partial charge in [0.25, 0.3) is 0 Å². The van der Waals surface area contributed by atoms with E-state index in [4.69, 9.17) is 28.9 Å². The molecule has 1 heterocycles. The van der Waals surface area contributed by atoms with Gasteiger partial charge in [-0.1, -0.05) is 54.4 Å². The van der Waals surface area contributed by atoms with Crippen LogP contribution in [0, 0.1) is 37.4 Å². The molecule has 6 rings (SSSR count). The standard InChI is InChI=1S/C51H65FN2O8/c1-8-10-28-58-49(57)54(33-36-18-20-38(52)21-19-36)46-32-44(53-62-50(5,6)7)42-30-37(15-11-13-25-55)41(16-12-14-26-56)47-43-31-40(60-39-22-17-34(3)35(4)29-39)23-24-45(43)61-51(46,48(42)47)59-27-9-2/h8-9,17-24,29-31,37,41,46-48,55-56H,1-2,10-16,25-28,32-33H2,3-7H3/t37-,41+,46-,47+,48+,51+/m0/s1. The van der Waals surface area contributed by atoms with Crippen LogP contribution in [-0.4, -0.2) is 70.8 Å². The summed E-state index contributed by atoms with van der Waals surface area (Å²) in [6, 6.07) is 17.2. The predicted molar refractivity (Wildman–Crippen MR) is 240 cm³/mol. The topological polar surface area (TPSA) is 119 Å². The Hall–Kier alpha value is -4.97. The minimum Gasteiger partial charge on any atom is -0.459 e. The number of halogens is 1. The molecule has 0 bridgehead atoms. The fraction of sp³-hybridized carbons (Fsp3) is 0.490. The Kier molecular flexibility index (Phi) is 15.7. The molecule has 11 heteroatoms. The fourth-order valence-corrected chi connectivity index (χ4v) is 9.22. The van der Waals surface area contributed by atoms with Gasteiger partial charge < -0.3 is 34.0 Å². The fourth-order valence-electron chi connectivity index (χ4n) is 9.22. The highest BCUT2D eigenvalue weighted by molar-refractivity contribution is 6.03. The van der Waals surface area contributed by atoms with Crippen LogP contribution in [0.5, 0.6) is 17.2 Å². The molecule has 3 aromatic rings. The number of allylic oxidation sites excluding steroid dienone is 1. The van der Waals surface area contributed by atoms with Gasteiger partial charge in [0.1, 0.15) is 34.7 Å². The number of rotatable bonds is 20. The van der Waals surface area contributed by atoms with E-state index in [2.05, 4.69) is 39.1 Å². The number of aliphatic hydroxyl groups excluding tert-OH is 2. The van der Waals surface area contributed by atoms with Crippen LogP contribution in [0.15, 0.2) is 103 Å². The first-order valence-corrected chi connectivity index (χ1v) is 22.1. The zero-order valence-electron chi connectivity index (χ0n) is 37.1. The maximum absolute atomic E-state index is 14.6. The lowest BCUT2D eigenvalue weighted by atomic mass is 9.55. The van der Waals surface area contributed by atoms with E-state index >= 15 is 0 Å². The average Bonchev–Trinajstić information content (AvgIpc) is 3.24. The number of aryl methyl sites for hydroxylation is 2. The molecule has 10 nitrogen and oxygen atoms in total. The zero-order chi connectivity index (χ0) is 44.4. The Morgan fingerprint density at radius 1 is 0.952 bits per heavy atom. The van der Waals surface area contributed by atoms with Crippen LogP contribution in [-0.2, 0) is 20.9 Å². The molecule has 2 aliphatic carbocycles. The van der Waals surface area contributed by atoms with E-state index in [1.807, 2.05) is 51.1 Å². The first-order valence-electron chi connectivity index (χ1n) is 22.1. The van der Waals surface area contributed by atoms with Gasteiger partial charge in [0.05, 0.1) is 24.8 Å². The highest BCUT2D eigenvalue weighted by atomic mass is 19.1. The number of carbonyl (C=O) groups excluding carboxylic acids is 1. The van der Waals surface area contributed by atoms with Gasteiger partial charge in [-0.05, 0) is 143 Å². The van der Waals surface area contributed by atoms with E-state index in [0.717, 1.165) is 48.1 Å². The van der Waals surface area contributed by atoms with Gasteiger partial charge in [0.15, 0.2) is 0 Å². The third-order valence-electron chi connectivity index (χ3n) is 12.2. The van der Waals surface area contributed by atoms with Crippen LogP contribution in [0.4, 0.5) is 9.18 Å². The summed E-state index contributed by atoms with van der Waals surface area (Å²) in [6.45, 7) is 18.2. The molecule has 1 saturated carbocycles. The number of oxime groups is 1. The third-order valence-corrected chi connectivity index (χ3v) is 12.2. The van der Waals surface area contributed by atoms with Crippen LogP contribution < -0.4 is 9.47 Å². The Bertz CT molecular complexity index is 2080. The molecule has 334 valence electrons.